The Kier molecular flexibility index (Phi) is 6.59. The molecule has 4 rings (SSSR count). The standard InChI is InChI=1S/C26H28N2O4/c1-3-31-21-12-10-20(11-13-21)28-17-18(15-24(28)29)16-27-26(30)25-22-8-6-5-7-19(22)9-14-23(25)32-4-2/h5-14,18H,3-4,15-17H2,1-2H3,(H,27,30). The first kappa shape index (κ1) is 21.7. The lowest BCUT2D eigenvalue weighted by molar-refractivity contribution is -0.117. The third kappa shape index (κ3) is 4.54. The number of rotatable bonds is 8. The predicted octanol–water partition coefficient (Wildman–Crippen LogP) is 4.42. The molecular formula is C26H28N2O4. The van der Waals surface area contributed by atoms with Crippen LogP contribution in [0.25, 0.3) is 10.8 Å². The zero-order valence-corrected chi connectivity index (χ0v) is 18.5. The van der Waals surface area contributed by atoms with E-state index in [4.69, 9.17) is 9.47 Å². The van der Waals surface area contributed by atoms with Crippen LogP contribution in [0.3, 0.4) is 0 Å². The summed E-state index contributed by atoms with van der Waals surface area (Å²) in [5, 5.41) is 4.87. The van der Waals surface area contributed by atoms with Gasteiger partial charge < -0.3 is 19.7 Å². The average molecular weight is 433 g/mol. The van der Waals surface area contributed by atoms with Crippen molar-refractivity contribution in [3.8, 4) is 11.5 Å². The van der Waals surface area contributed by atoms with Crippen molar-refractivity contribution in [2.45, 2.75) is 20.3 Å². The highest BCUT2D eigenvalue weighted by atomic mass is 16.5. The monoisotopic (exact) mass is 432 g/mol. The van der Waals surface area contributed by atoms with Crippen molar-refractivity contribution >= 4 is 28.3 Å². The first-order chi connectivity index (χ1) is 15.6. The Morgan fingerprint density at radius 3 is 2.50 bits per heavy atom. The number of nitrogens with zero attached hydrogens (tertiary/aromatic N) is 1. The lowest BCUT2D eigenvalue weighted by Gasteiger charge is -2.18. The Bertz CT molecular complexity index is 1110. The molecule has 0 aromatic heterocycles. The highest BCUT2D eigenvalue weighted by molar-refractivity contribution is 6.09. The van der Waals surface area contributed by atoms with Crippen molar-refractivity contribution in [2.24, 2.45) is 5.92 Å². The van der Waals surface area contributed by atoms with Crippen molar-refractivity contribution in [1.29, 1.82) is 0 Å². The zero-order chi connectivity index (χ0) is 22.5. The van der Waals surface area contributed by atoms with E-state index in [2.05, 4.69) is 5.32 Å². The summed E-state index contributed by atoms with van der Waals surface area (Å²) in [6.07, 6.45) is 0.404. The van der Waals surface area contributed by atoms with E-state index in [0.29, 0.717) is 44.0 Å². The summed E-state index contributed by atoms with van der Waals surface area (Å²) in [5.41, 5.74) is 1.39. The summed E-state index contributed by atoms with van der Waals surface area (Å²) < 4.78 is 11.2. The zero-order valence-electron chi connectivity index (χ0n) is 18.5. The Hall–Kier alpha value is -3.54. The molecule has 2 amide bonds. The molecule has 1 saturated heterocycles. The van der Waals surface area contributed by atoms with Crippen LogP contribution in [0, 0.1) is 5.92 Å². The molecule has 1 heterocycles. The van der Waals surface area contributed by atoms with Crippen LogP contribution in [0.2, 0.25) is 0 Å². The molecule has 1 aliphatic heterocycles. The van der Waals surface area contributed by atoms with Crippen LogP contribution in [0.1, 0.15) is 30.6 Å². The molecule has 0 spiro atoms. The highest BCUT2D eigenvalue weighted by Gasteiger charge is 2.31. The number of ether oxygens (including phenoxy) is 2. The summed E-state index contributed by atoms with van der Waals surface area (Å²) in [5.74, 6) is 1.28. The lowest BCUT2D eigenvalue weighted by Crippen LogP contribution is -2.31. The summed E-state index contributed by atoms with van der Waals surface area (Å²) in [4.78, 5) is 27.5. The van der Waals surface area contributed by atoms with Crippen LogP contribution in [0.15, 0.2) is 60.7 Å². The molecule has 6 nitrogen and oxygen atoms in total. The van der Waals surface area contributed by atoms with Crippen molar-refractivity contribution in [1.82, 2.24) is 5.32 Å². The van der Waals surface area contributed by atoms with E-state index >= 15 is 0 Å². The maximum Gasteiger partial charge on any atom is 0.255 e. The van der Waals surface area contributed by atoms with Gasteiger partial charge in [-0.05, 0) is 55.0 Å². The SMILES string of the molecule is CCOc1ccc(N2CC(CNC(=O)c3c(OCC)ccc4ccccc34)CC2=O)cc1. The molecule has 166 valence electrons. The van der Waals surface area contributed by atoms with Gasteiger partial charge in [-0.1, -0.05) is 30.3 Å². The number of hydrogen-bond donors (Lipinski definition) is 1. The van der Waals surface area contributed by atoms with Gasteiger partial charge in [0.2, 0.25) is 5.91 Å². The van der Waals surface area contributed by atoms with Crippen molar-refractivity contribution < 1.29 is 19.1 Å². The van der Waals surface area contributed by atoms with Crippen LogP contribution in [0.4, 0.5) is 5.69 Å². The largest absolute Gasteiger partial charge is 0.494 e. The van der Waals surface area contributed by atoms with E-state index in [9.17, 15) is 9.59 Å². The molecular weight excluding hydrogens is 404 g/mol. The molecule has 1 aliphatic rings. The Morgan fingerprint density at radius 1 is 1.00 bits per heavy atom. The van der Waals surface area contributed by atoms with E-state index in [1.807, 2.05) is 74.5 Å². The minimum absolute atomic E-state index is 0.0449. The number of carbonyl (C=O) groups excluding carboxylic acids is 2. The Morgan fingerprint density at radius 2 is 1.75 bits per heavy atom. The van der Waals surface area contributed by atoms with E-state index < -0.39 is 0 Å². The fourth-order valence-electron chi connectivity index (χ4n) is 4.14. The van der Waals surface area contributed by atoms with Gasteiger partial charge in [0.1, 0.15) is 11.5 Å². The van der Waals surface area contributed by atoms with Crippen LogP contribution in [-0.4, -0.2) is 38.1 Å². The summed E-state index contributed by atoms with van der Waals surface area (Å²) >= 11 is 0. The van der Waals surface area contributed by atoms with Crippen LogP contribution in [0.5, 0.6) is 11.5 Å². The molecule has 1 atom stereocenters. The molecule has 1 unspecified atom stereocenters. The average Bonchev–Trinajstić information content (AvgIpc) is 3.18. The smallest absolute Gasteiger partial charge is 0.255 e. The van der Waals surface area contributed by atoms with Gasteiger partial charge in [0.15, 0.2) is 0 Å². The lowest BCUT2D eigenvalue weighted by atomic mass is 10.0. The van der Waals surface area contributed by atoms with Gasteiger partial charge in [-0.25, -0.2) is 0 Å². The molecule has 0 bridgehead atoms. The number of anilines is 1. The minimum atomic E-state index is -0.183. The predicted molar refractivity (Wildman–Crippen MR) is 126 cm³/mol. The van der Waals surface area contributed by atoms with Gasteiger partial charge in [-0.15, -0.1) is 0 Å². The van der Waals surface area contributed by atoms with E-state index in [-0.39, 0.29) is 17.7 Å². The summed E-state index contributed by atoms with van der Waals surface area (Å²) in [7, 11) is 0. The molecule has 3 aromatic rings. The fraction of sp³-hybridized carbons (Fsp3) is 0.308. The summed E-state index contributed by atoms with van der Waals surface area (Å²) in [6.45, 7) is 5.91. The number of benzene rings is 3. The van der Waals surface area contributed by atoms with Gasteiger partial charge in [-0.3, -0.25) is 9.59 Å². The Labute approximate surface area is 188 Å². The van der Waals surface area contributed by atoms with Gasteiger partial charge in [0, 0.05) is 31.1 Å². The molecule has 3 aromatic carbocycles. The van der Waals surface area contributed by atoms with Crippen molar-refractivity contribution in [3.63, 3.8) is 0 Å². The molecule has 32 heavy (non-hydrogen) atoms. The second kappa shape index (κ2) is 9.73. The molecule has 0 aliphatic carbocycles. The highest BCUT2D eigenvalue weighted by Crippen LogP contribution is 2.29. The van der Waals surface area contributed by atoms with Crippen molar-refractivity contribution in [3.05, 3.63) is 66.2 Å². The third-order valence-electron chi connectivity index (χ3n) is 5.63. The first-order valence-electron chi connectivity index (χ1n) is 11.1. The second-order valence-electron chi connectivity index (χ2n) is 7.80. The number of nitrogens with one attached hydrogen (secondary N) is 1. The first-order valence-corrected chi connectivity index (χ1v) is 11.1. The maximum absolute atomic E-state index is 13.1. The molecule has 0 saturated carbocycles. The van der Waals surface area contributed by atoms with Gasteiger partial charge in [-0.2, -0.15) is 0 Å². The van der Waals surface area contributed by atoms with Crippen molar-refractivity contribution in [2.75, 3.05) is 31.2 Å². The molecule has 1 N–H and O–H groups in total. The Balaban J connectivity index is 1.45. The van der Waals surface area contributed by atoms with Crippen LogP contribution >= 0.6 is 0 Å². The van der Waals surface area contributed by atoms with E-state index in [1.54, 1.807) is 4.90 Å². The topological polar surface area (TPSA) is 67.9 Å². The quantitative estimate of drug-likeness (QED) is 0.572. The molecule has 1 fully saturated rings. The van der Waals surface area contributed by atoms with Crippen LogP contribution in [-0.2, 0) is 4.79 Å². The maximum atomic E-state index is 13.1. The molecule has 0 radical (unpaired) electrons. The van der Waals surface area contributed by atoms with Gasteiger partial charge in [0.25, 0.3) is 5.91 Å². The van der Waals surface area contributed by atoms with E-state index in [0.717, 1.165) is 22.2 Å². The fourth-order valence-corrected chi connectivity index (χ4v) is 4.14. The summed E-state index contributed by atoms with van der Waals surface area (Å²) in [6, 6.07) is 19.1. The van der Waals surface area contributed by atoms with Gasteiger partial charge in [0.05, 0.1) is 18.8 Å². The normalized spacial score (nSPS) is 15.8. The van der Waals surface area contributed by atoms with Crippen LogP contribution < -0.4 is 19.7 Å². The number of carbonyl (C=O) groups is 2. The second-order valence-corrected chi connectivity index (χ2v) is 7.80. The minimum Gasteiger partial charge on any atom is -0.494 e. The third-order valence-corrected chi connectivity index (χ3v) is 5.63. The number of amides is 2. The molecule has 6 heteroatoms. The van der Waals surface area contributed by atoms with Gasteiger partial charge >= 0.3 is 0 Å². The number of fused-ring (bicyclic) bond motifs is 1. The number of hydrogen-bond acceptors (Lipinski definition) is 4. The van der Waals surface area contributed by atoms with E-state index in [1.165, 1.54) is 0 Å².